The van der Waals surface area contributed by atoms with E-state index in [1.807, 2.05) is 0 Å². The fourth-order valence-corrected chi connectivity index (χ4v) is 1.83. The molecule has 1 saturated heterocycles. The Labute approximate surface area is 63.8 Å². The van der Waals surface area contributed by atoms with Gasteiger partial charge >= 0.3 is 0 Å². The number of rotatable bonds is 0. The third-order valence-corrected chi connectivity index (χ3v) is 2.17. The second kappa shape index (κ2) is 2.98. The summed E-state index contributed by atoms with van der Waals surface area (Å²) in [5.41, 5.74) is 0. The summed E-state index contributed by atoms with van der Waals surface area (Å²) < 4.78 is 0.659. The third-order valence-electron chi connectivity index (χ3n) is 1.33. The summed E-state index contributed by atoms with van der Waals surface area (Å²) in [5, 5.41) is 3.36. The molecular formula is C5H11IN2. The second-order valence-corrected chi connectivity index (χ2v) is 3.69. The first-order valence-electron chi connectivity index (χ1n) is 2.85. The molecule has 0 aliphatic carbocycles. The van der Waals surface area contributed by atoms with E-state index in [4.69, 9.17) is 0 Å². The molecule has 1 aliphatic rings. The fourth-order valence-electron chi connectivity index (χ4n) is 0.842. The van der Waals surface area contributed by atoms with Crippen molar-refractivity contribution in [1.82, 2.24) is 10.2 Å². The van der Waals surface area contributed by atoms with Crippen molar-refractivity contribution in [2.45, 2.75) is 4.05 Å². The first kappa shape index (κ1) is 6.77. The SMILES string of the molecule is CN1CCNC(I)C1. The van der Waals surface area contributed by atoms with Crippen LogP contribution in [-0.2, 0) is 0 Å². The van der Waals surface area contributed by atoms with Gasteiger partial charge in [-0.1, -0.05) is 22.6 Å². The van der Waals surface area contributed by atoms with Crippen LogP contribution in [0.3, 0.4) is 0 Å². The molecule has 0 amide bonds. The normalized spacial score (nSPS) is 33.0. The van der Waals surface area contributed by atoms with Gasteiger partial charge < -0.3 is 10.2 Å². The minimum absolute atomic E-state index is 0.659. The van der Waals surface area contributed by atoms with Crippen LogP contribution < -0.4 is 5.32 Å². The Balaban J connectivity index is 2.23. The summed E-state index contributed by atoms with van der Waals surface area (Å²) in [4.78, 5) is 2.34. The number of alkyl halides is 1. The van der Waals surface area contributed by atoms with Gasteiger partial charge in [0, 0.05) is 19.6 Å². The molecule has 0 bridgehead atoms. The molecule has 1 rings (SSSR count). The molecule has 3 heteroatoms. The van der Waals surface area contributed by atoms with Crippen molar-refractivity contribution in [1.29, 1.82) is 0 Å². The number of nitrogens with one attached hydrogen (secondary N) is 1. The highest BCUT2D eigenvalue weighted by Gasteiger charge is 2.11. The molecule has 1 N–H and O–H groups in total. The predicted molar refractivity (Wildman–Crippen MR) is 43.3 cm³/mol. The van der Waals surface area contributed by atoms with E-state index in [0.29, 0.717) is 4.05 Å². The molecule has 1 aliphatic heterocycles. The van der Waals surface area contributed by atoms with E-state index in [9.17, 15) is 0 Å². The smallest absolute Gasteiger partial charge is 0.0722 e. The number of hydrogen-bond donors (Lipinski definition) is 1. The van der Waals surface area contributed by atoms with Gasteiger partial charge in [0.2, 0.25) is 0 Å². The molecule has 0 aromatic rings. The van der Waals surface area contributed by atoms with Crippen molar-refractivity contribution >= 4 is 22.6 Å². The lowest BCUT2D eigenvalue weighted by molar-refractivity contribution is 0.284. The molecule has 1 unspecified atom stereocenters. The van der Waals surface area contributed by atoms with E-state index in [2.05, 4.69) is 39.9 Å². The van der Waals surface area contributed by atoms with Crippen molar-refractivity contribution < 1.29 is 0 Å². The number of likely N-dealkylation sites (N-methyl/N-ethyl adjacent to an activating group) is 1. The van der Waals surface area contributed by atoms with E-state index in [-0.39, 0.29) is 0 Å². The molecule has 1 heterocycles. The first-order chi connectivity index (χ1) is 3.79. The predicted octanol–water partition coefficient (Wildman–Crippen LogP) is 0.283. The van der Waals surface area contributed by atoms with E-state index < -0.39 is 0 Å². The molecule has 0 radical (unpaired) electrons. The summed E-state index contributed by atoms with van der Waals surface area (Å²) in [6.45, 7) is 3.52. The Morgan fingerprint density at radius 2 is 2.50 bits per heavy atom. The maximum atomic E-state index is 3.36. The van der Waals surface area contributed by atoms with Gasteiger partial charge in [-0.05, 0) is 7.05 Å². The van der Waals surface area contributed by atoms with Crippen molar-refractivity contribution in [3.8, 4) is 0 Å². The van der Waals surface area contributed by atoms with Gasteiger partial charge in [0.15, 0.2) is 0 Å². The minimum Gasteiger partial charge on any atom is -0.303 e. The zero-order valence-electron chi connectivity index (χ0n) is 5.02. The molecule has 0 spiro atoms. The van der Waals surface area contributed by atoms with Gasteiger partial charge in [0.25, 0.3) is 0 Å². The molecule has 48 valence electrons. The van der Waals surface area contributed by atoms with Crippen LogP contribution in [-0.4, -0.2) is 35.6 Å². The van der Waals surface area contributed by atoms with E-state index in [1.54, 1.807) is 0 Å². The molecule has 0 aromatic heterocycles. The third kappa shape index (κ3) is 1.87. The van der Waals surface area contributed by atoms with Crippen LogP contribution >= 0.6 is 22.6 Å². The largest absolute Gasteiger partial charge is 0.303 e. The van der Waals surface area contributed by atoms with Gasteiger partial charge in [0.05, 0.1) is 4.05 Å². The molecule has 0 aromatic carbocycles. The Hall–Kier alpha value is 0.650. The molecule has 1 atom stereocenters. The van der Waals surface area contributed by atoms with Crippen molar-refractivity contribution in [2.24, 2.45) is 0 Å². The second-order valence-electron chi connectivity index (χ2n) is 2.18. The summed E-state index contributed by atoms with van der Waals surface area (Å²) in [6.07, 6.45) is 0. The molecule has 2 nitrogen and oxygen atoms in total. The molecular weight excluding hydrogens is 215 g/mol. The zero-order valence-corrected chi connectivity index (χ0v) is 7.18. The molecule has 1 fully saturated rings. The summed E-state index contributed by atoms with van der Waals surface area (Å²) in [6, 6.07) is 0. The standard InChI is InChI=1S/C5H11IN2/c1-8-3-2-7-5(6)4-8/h5,7H,2-4H2,1H3. The average molecular weight is 226 g/mol. The number of hydrogen-bond acceptors (Lipinski definition) is 2. The summed E-state index contributed by atoms with van der Waals surface area (Å²) in [7, 11) is 2.16. The maximum absolute atomic E-state index is 3.36. The van der Waals surface area contributed by atoms with Crippen LogP contribution in [0.25, 0.3) is 0 Å². The first-order valence-corrected chi connectivity index (χ1v) is 4.09. The lowest BCUT2D eigenvalue weighted by atomic mass is 10.4. The highest BCUT2D eigenvalue weighted by Crippen LogP contribution is 2.01. The topological polar surface area (TPSA) is 15.3 Å². The van der Waals surface area contributed by atoms with Crippen molar-refractivity contribution in [2.75, 3.05) is 26.7 Å². The van der Waals surface area contributed by atoms with Gasteiger partial charge in [-0.2, -0.15) is 0 Å². The van der Waals surface area contributed by atoms with Crippen LogP contribution in [0.15, 0.2) is 0 Å². The van der Waals surface area contributed by atoms with E-state index in [0.717, 1.165) is 6.54 Å². The highest BCUT2D eigenvalue weighted by molar-refractivity contribution is 14.1. The van der Waals surface area contributed by atoms with E-state index >= 15 is 0 Å². The van der Waals surface area contributed by atoms with Gasteiger partial charge in [-0.3, -0.25) is 0 Å². The summed E-state index contributed by atoms with van der Waals surface area (Å²) >= 11 is 2.42. The lowest BCUT2D eigenvalue weighted by Crippen LogP contribution is -2.45. The monoisotopic (exact) mass is 226 g/mol. The van der Waals surface area contributed by atoms with Gasteiger partial charge in [-0.25, -0.2) is 0 Å². The number of halogens is 1. The van der Waals surface area contributed by atoms with Gasteiger partial charge in [0.1, 0.15) is 0 Å². The Bertz CT molecular complexity index is 68.8. The van der Waals surface area contributed by atoms with Crippen molar-refractivity contribution in [3.05, 3.63) is 0 Å². The molecule has 8 heavy (non-hydrogen) atoms. The van der Waals surface area contributed by atoms with Gasteiger partial charge in [-0.15, -0.1) is 0 Å². The number of piperazine rings is 1. The van der Waals surface area contributed by atoms with Crippen LogP contribution in [0, 0.1) is 0 Å². The quantitative estimate of drug-likeness (QED) is 0.362. The minimum atomic E-state index is 0.659. The van der Waals surface area contributed by atoms with Crippen LogP contribution in [0.5, 0.6) is 0 Å². The summed E-state index contributed by atoms with van der Waals surface area (Å²) in [5.74, 6) is 0. The average Bonchev–Trinajstić information content (AvgIpc) is 1.64. The van der Waals surface area contributed by atoms with Crippen LogP contribution in [0.2, 0.25) is 0 Å². The Morgan fingerprint density at radius 1 is 1.75 bits per heavy atom. The molecule has 0 saturated carbocycles. The fraction of sp³-hybridized carbons (Fsp3) is 1.00. The lowest BCUT2D eigenvalue weighted by Gasteiger charge is -2.26. The zero-order chi connectivity index (χ0) is 5.98. The number of nitrogens with zero attached hydrogens (tertiary/aromatic N) is 1. The van der Waals surface area contributed by atoms with Crippen LogP contribution in [0.1, 0.15) is 0 Å². The Morgan fingerprint density at radius 3 is 2.88 bits per heavy atom. The highest BCUT2D eigenvalue weighted by atomic mass is 127. The Kier molecular flexibility index (Phi) is 2.52. The maximum Gasteiger partial charge on any atom is 0.0722 e. The van der Waals surface area contributed by atoms with Crippen molar-refractivity contribution in [3.63, 3.8) is 0 Å². The van der Waals surface area contributed by atoms with Crippen LogP contribution in [0.4, 0.5) is 0 Å². The van der Waals surface area contributed by atoms with E-state index in [1.165, 1.54) is 13.1 Å².